The Hall–Kier alpha value is -2.44. The second kappa shape index (κ2) is 10.2. The summed E-state index contributed by atoms with van der Waals surface area (Å²) in [5, 5.41) is 0. The van der Waals surface area contributed by atoms with Crippen molar-refractivity contribution >= 4 is 11.6 Å². The third-order valence-corrected chi connectivity index (χ3v) is 6.56. The van der Waals surface area contributed by atoms with Crippen LogP contribution in [0.3, 0.4) is 0 Å². The molecule has 5 nitrogen and oxygen atoms in total. The lowest BCUT2D eigenvalue weighted by molar-refractivity contribution is -0.141. The van der Waals surface area contributed by atoms with Crippen molar-refractivity contribution in [2.45, 2.75) is 25.4 Å². The molecule has 2 saturated heterocycles. The van der Waals surface area contributed by atoms with E-state index in [1.165, 1.54) is 11.6 Å². The van der Waals surface area contributed by atoms with Crippen LogP contribution in [0.25, 0.3) is 0 Å². The van der Waals surface area contributed by atoms with Crippen molar-refractivity contribution in [2.24, 2.45) is 5.92 Å². The first-order valence-corrected chi connectivity index (χ1v) is 11.2. The van der Waals surface area contributed by atoms with Crippen molar-refractivity contribution < 1.29 is 13.9 Å². The summed E-state index contributed by atoms with van der Waals surface area (Å²) in [6, 6.07) is 17.4. The number of carbonyl (C=O) groups is 1. The van der Waals surface area contributed by atoms with Gasteiger partial charge in [0, 0.05) is 45.9 Å². The van der Waals surface area contributed by atoms with Crippen molar-refractivity contribution in [1.82, 2.24) is 9.80 Å². The molecule has 0 aromatic heterocycles. The first-order chi connectivity index (χ1) is 15.2. The second-order valence-electron chi connectivity index (χ2n) is 8.49. The van der Waals surface area contributed by atoms with E-state index in [4.69, 9.17) is 4.74 Å². The summed E-state index contributed by atoms with van der Waals surface area (Å²) < 4.78 is 19.7. The molecule has 0 radical (unpaired) electrons. The zero-order valence-electron chi connectivity index (χ0n) is 18.3. The van der Waals surface area contributed by atoms with Crippen LogP contribution in [0, 0.1) is 11.7 Å². The molecule has 2 fully saturated rings. The fraction of sp³-hybridized carbons (Fsp3) is 0.480. The van der Waals surface area contributed by atoms with Crippen molar-refractivity contribution in [3.8, 4) is 0 Å². The summed E-state index contributed by atoms with van der Waals surface area (Å²) in [5.74, 6) is -0.0447. The summed E-state index contributed by atoms with van der Waals surface area (Å²) in [6.45, 7) is 4.93. The maximum Gasteiger partial charge on any atom is 0.227 e. The summed E-state index contributed by atoms with van der Waals surface area (Å²) in [4.78, 5) is 19.9. The van der Waals surface area contributed by atoms with Crippen LogP contribution < -0.4 is 4.90 Å². The number of para-hydroxylation sites is 1. The van der Waals surface area contributed by atoms with Crippen LogP contribution in [0.15, 0.2) is 54.6 Å². The average Bonchev–Trinajstić information content (AvgIpc) is 2.81. The van der Waals surface area contributed by atoms with E-state index >= 15 is 0 Å². The number of hydrogen-bond donors (Lipinski definition) is 0. The van der Waals surface area contributed by atoms with Crippen LogP contribution in [0.4, 0.5) is 10.1 Å². The van der Waals surface area contributed by atoms with Gasteiger partial charge in [-0.25, -0.2) is 4.39 Å². The molecule has 0 saturated carbocycles. The minimum atomic E-state index is -0.203. The first-order valence-electron chi connectivity index (χ1n) is 11.2. The van der Waals surface area contributed by atoms with Gasteiger partial charge in [0.25, 0.3) is 0 Å². The van der Waals surface area contributed by atoms with Crippen LogP contribution in [0.2, 0.25) is 0 Å². The number of benzene rings is 2. The zero-order valence-corrected chi connectivity index (χ0v) is 18.3. The number of carbonyl (C=O) groups excluding carboxylic acids is 1. The lowest BCUT2D eigenvalue weighted by Gasteiger charge is -2.44. The number of hydrogen-bond acceptors (Lipinski definition) is 4. The number of nitrogens with zero attached hydrogens (tertiary/aromatic N) is 3. The third-order valence-electron chi connectivity index (χ3n) is 6.56. The SMILES string of the molecule is COC[C@@H]1[C@H](C(=O)N2CCN(c3ccccc3F)CC2)CCCN1Cc1ccccc1. The van der Waals surface area contributed by atoms with Gasteiger partial charge in [-0.3, -0.25) is 9.69 Å². The summed E-state index contributed by atoms with van der Waals surface area (Å²) in [5.41, 5.74) is 1.88. The topological polar surface area (TPSA) is 36.0 Å². The van der Waals surface area contributed by atoms with Gasteiger partial charge >= 0.3 is 0 Å². The Morgan fingerprint density at radius 3 is 2.42 bits per heavy atom. The van der Waals surface area contributed by atoms with E-state index in [1.54, 1.807) is 13.2 Å². The maximum absolute atomic E-state index is 14.1. The fourth-order valence-corrected chi connectivity index (χ4v) is 4.93. The lowest BCUT2D eigenvalue weighted by Crippen LogP contribution is -2.56. The van der Waals surface area contributed by atoms with Crippen molar-refractivity contribution in [3.63, 3.8) is 0 Å². The summed E-state index contributed by atoms with van der Waals surface area (Å²) in [7, 11) is 1.71. The van der Waals surface area contributed by atoms with Gasteiger partial charge < -0.3 is 14.5 Å². The predicted molar refractivity (Wildman–Crippen MR) is 120 cm³/mol. The molecular weight excluding hydrogens is 393 g/mol. The van der Waals surface area contributed by atoms with E-state index in [9.17, 15) is 9.18 Å². The molecule has 2 aromatic carbocycles. The van der Waals surface area contributed by atoms with Gasteiger partial charge in [0.1, 0.15) is 5.82 Å². The Morgan fingerprint density at radius 2 is 1.71 bits per heavy atom. The van der Waals surface area contributed by atoms with Crippen LogP contribution >= 0.6 is 0 Å². The zero-order chi connectivity index (χ0) is 21.6. The van der Waals surface area contributed by atoms with Crippen LogP contribution in [0.1, 0.15) is 18.4 Å². The minimum Gasteiger partial charge on any atom is -0.383 e. The standard InChI is InChI=1S/C25H32FN3O2/c1-31-19-24-21(10-7-13-29(24)18-20-8-3-2-4-9-20)25(30)28-16-14-27(15-17-28)23-12-6-5-11-22(23)26/h2-6,8-9,11-12,21,24H,7,10,13-19H2,1H3/t21-,24-/m1/s1. The van der Waals surface area contributed by atoms with E-state index in [0.29, 0.717) is 38.5 Å². The molecule has 166 valence electrons. The molecule has 0 aliphatic carbocycles. The molecule has 2 aliphatic heterocycles. The van der Waals surface area contributed by atoms with Gasteiger partial charge in [0.05, 0.1) is 18.2 Å². The maximum atomic E-state index is 14.1. The minimum absolute atomic E-state index is 0.0579. The lowest BCUT2D eigenvalue weighted by atomic mass is 9.87. The molecule has 31 heavy (non-hydrogen) atoms. The highest BCUT2D eigenvalue weighted by Crippen LogP contribution is 2.28. The average molecular weight is 426 g/mol. The molecule has 2 aromatic rings. The molecule has 1 amide bonds. The molecule has 6 heteroatoms. The van der Waals surface area contributed by atoms with E-state index < -0.39 is 0 Å². The molecule has 0 bridgehead atoms. The number of amides is 1. The van der Waals surface area contributed by atoms with Crippen molar-refractivity contribution in [3.05, 3.63) is 66.0 Å². The molecular formula is C25H32FN3O2. The van der Waals surface area contributed by atoms with Gasteiger partial charge in [0.2, 0.25) is 5.91 Å². The van der Waals surface area contributed by atoms with Crippen molar-refractivity contribution in [1.29, 1.82) is 0 Å². The monoisotopic (exact) mass is 425 g/mol. The second-order valence-corrected chi connectivity index (χ2v) is 8.49. The quantitative estimate of drug-likeness (QED) is 0.711. The number of piperidine rings is 1. The third kappa shape index (κ3) is 5.08. The van der Waals surface area contributed by atoms with Crippen molar-refractivity contribution in [2.75, 3.05) is 51.3 Å². The van der Waals surface area contributed by atoms with Gasteiger partial charge in [-0.1, -0.05) is 42.5 Å². The van der Waals surface area contributed by atoms with Crippen LogP contribution in [-0.4, -0.2) is 68.2 Å². The van der Waals surface area contributed by atoms with E-state index in [2.05, 4.69) is 29.2 Å². The van der Waals surface area contributed by atoms with Gasteiger partial charge in [0.15, 0.2) is 0 Å². The molecule has 2 heterocycles. The number of ether oxygens (including phenoxy) is 1. The summed E-state index contributed by atoms with van der Waals surface area (Å²) >= 11 is 0. The Morgan fingerprint density at radius 1 is 1.00 bits per heavy atom. The predicted octanol–water partition coefficient (Wildman–Crippen LogP) is 3.40. The number of rotatable bonds is 6. The highest BCUT2D eigenvalue weighted by atomic mass is 19.1. The molecule has 0 unspecified atom stereocenters. The number of likely N-dealkylation sites (tertiary alicyclic amines) is 1. The Labute approximate surface area is 184 Å². The molecule has 2 atom stereocenters. The molecule has 4 rings (SSSR count). The molecule has 0 N–H and O–H groups in total. The smallest absolute Gasteiger partial charge is 0.227 e. The van der Waals surface area contributed by atoms with Gasteiger partial charge in [-0.05, 0) is 37.1 Å². The Bertz CT molecular complexity index is 855. The molecule has 0 spiro atoms. The number of methoxy groups -OCH3 is 1. The largest absolute Gasteiger partial charge is 0.383 e. The summed E-state index contributed by atoms with van der Waals surface area (Å²) in [6.07, 6.45) is 1.91. The van der Waals surface area contributed by atoms with E-state index in [0.717, 1.165) is 25.9 Å². The van der Waals surface area contributed by atoms with E-state index in [-0.39, 0.29) is 23.7 Å². The van der Waals surface area contributed by atoms with Gasteiger partial charge in [-0.2, -0.15) is 0 Å². The Balaban J connectivity index is 1.41. The van der Waals surface area contributed by atoms with E-state index in [1.807, 2.05) is 28.0 Å². The van der Waals surface area contributed by atoms with Crippen LogP contribution in [0.5, 0.6) is 0 Å². The molecule has 2 aliphatic rings. The highest BCUT2D eigenvalue weighted by molar-refractivity contribution is 5.80. The number of anilines is 1. The number of piperazine rings is 1. The van der Waals surface area contributed by atoms with Gasteiger partial charge in [-0.15, -0.1) is 0 Å². The highest BCUT2D eigenvalue weighted by Gasteiger charge is 2.38. The normalized spacial score (nSPS) is 22.5. The van der Waals surface area contributed by atoms with Crippen LogP contribution in [-0.2, 0) is 16.1 Å². The first kappa shape index (κ1) is 21.8. The Kier molecular flexibility index (Phi) is 7.20. The fourth-order valence-electron chi connectivity index (χ4n) is 4.93. The number of halogens is 1.